The molecule has 0 radical (unpaired) electrons. The largest absolute Gasteiger partial charge is 0.496 e. The maximum Gasteiger partial charge on any atom is 0.222 e. The molecule has 0 unspecified atom stereocenters. The molecule has 0 bridgehead atoms. The molecule has 3 heterocycles. The molecule has 0 amide bonds. The van der Waals surface area contributed by atoms with Crippen molar-refractivity contribution < 1.29 is 14.6 Å². The minimum Gasteiger partial charge on any atom is -0.496 e. The topological polar surface area (TPSA) is 124 Å². The van der Waals surface area contributed by atoms with Gasteiger partial charge in [-0.05, 0) is 25.0 Å². The fourth-order valence-corrected chi connectivity index (χ4v) is 4.09. The molecule has 0 aliphatic carbocycles. The number of nitrogens with zero attached hydrogens (tertiary/aromatic N) is 5. The van der Waals surface area contributed by atoms with E-state index in [2.05, 4.69) is 47.3 Å². The summed E-state index contributed by atoms with van der Waals surface area (Å²) in [6.45, 7) is 8.30. The van der Waals surface area contributed by atoms with Crippen molar-refractivity contribution in [1.82, 2.24) is 25.1 Å². The van der Waals surface area contributed by atoms with Crippen LogP contribution in [0.3, 0.4) is 0 Å². The van der Waals surface area contributed by atoms with Gasteiger partial charge in [-0.2, -0.15) is 10.1 Å². The van der Waals surface area contributed by atoms with Gasteiger partial charge in [0.25, 0.3) is 0 Å². The van der Waals surface area contributed by atoms with Crippen LogP contribution in [-0.2, 0) is 17.8 Å². The Hall–Kier alpha value is -2.95. The number of nitrogen functional groups attached to an aromatic ring is 1. The van der Waals surface area contributed by atoms with Crippen LogP contribution >= 0.6 is 0 Å². The summed E-state index contributed by atoms with van der Waals surface area (Å²) in [5.41, 5.74) is 9.56. The molecular formula is C24H35N7O3. The lowest BCUT2D eigenvalue weighted by atomic mass is 10.00. The fourth-order valence-electron chi connectivity index (χ4n) is 4.09. The van der Waals surface area contributed by atoms with Crippen molar-refractivity contribution in [3.8, 4) is 5.75 Å². The third-order valence-electron chi connectivity index (χ3n) is 6.11. The second kappa shape index (κ2) is 10.5. The van der Waals surface area contributed by atoms with Gasteiger partial charge in [-0.1, -0.05) is 25.5 Å². The first kappa shape index (κ1) is 24.2. The predicted octanol–water partition coefficient (Wildman–Crippen LogP) is 1.94. The van der Waals surface area contributed by atoms with Crippen LogP contribution in [0.5, 0.6) is 5.75 Å². The van der Waals surface area contributed by atoms with Gasteiger partial charge in [0, 0.05) is 25.2 Å². The van der Waals surface area contributed by atoms with Gasteiger partial charge in [0.2, 0.25) is 5.95 Å². The van der Waals surface area contributed by atoms with Crippen molar-refractivity contribution in [1.29, 1.82) is 0 Å². The van der Waals surface area contributed by atoms with Crippen LogP contribution in [0.1, 0.15) is 37.8 Å². The van der Waals surface area contributed by atoms with E-state index >= 15 is 0 Å². The molecule has 10 nitrogen and oxygen atoms in total. The number of nitrogens with two attached hydrogens (primary N) is 1. The Bertz CT molecular complexity index is 1110. The molecule has 1 aliphatic rings. The highest BCUT2D eigenvalue weighted by molar-refractivity contribution is 5.86. The lowest BCUT2D eigenvalue weighted by molar-refractivity contribution is -0.0649. The Morgan fingerprint density at radius 2 is 2.12 bits per heavy atom. The highest BCUT2D eigenvalue weighted by Gasteiger charge is 2.32. The molecule has 1 saturated heterocycles. The van der Waals surface area contributed by atoms with E-state index in [1.807, 2.05) is 15.8 Å². The van der Waals surface area contributed by atoms with E-state index in [-0.39, 0.29) is 18.1 Å². The molecule has 1 aromatic carbocycles. The number of unbranched alkanes of at least 4 members (excludes halogenated alkanes) is 1. The van der Waals surface area contributed by atoms with Crippen LogP contribution in [0.2, 0.25) is 0 Å². The molecule has 1 aliphatic heterocycles. The van der Waals surface area contributed by atoms with E-state index in [9.17, 15) is 5.11 Å². The molecule has 4 N–H and O–H groups in total. The van der Waals surface area contributed by atoms with Crippen molar-refractivity contribution in [2.24, 2.45) is 0 Å². The van der Waals surface area contributed by atoms with E-state index in [1.54, 1.807) is 7.11 Å². The first-order valence-electron chi connectivity index (χ1n) is 11.8. The second-order valence-electron chi connectivity index (χ2n) is 9.08. The molecule has 3 aromatic rings. The molecule has 34 heavy (non-hydrogen) atoms. The highest BCUT2D eigenvalue weighted by Crippen LogP contribution is 2.26. The van der Waals surface area contributed by atoms with Crippen molar-refractivity contribution in [3.05, 3.63) is 35.5 Å². The minimum atomic E-state index is 0.0282. The SMILES string of the molecule is CCCCN(CCO)c1nc(N)nc2cn(Cc3ccc(CNC4(C)COC4)cc3OC)nc12. The molecule has 0 saturated carbocycles. The zero-order valence-corrected chi connectivity index (χ0v) is 20.3. The molecule has 10 heteroatoms. The molecule has 0 spiro atoms. The molecule has 1 fully saturated rings. The summed E-state index contributed by atoms with van der Waals surface area (Å²) in [5, 5.41) is 17.9. The van der Waals surface area contributed by atoms with Gasteiger partial charge in [0.1, 0.15) is 11.3 Å². The zero-order valence-electron chi connectivity index (χ0n) is 20.3. The summed E-state index contributed by atoms with van der Waals surface area (Å²) in [6.07, 6.45) is 3.90. The number of anilines is 2. The number of fused-ring (bicyclic) bond motifs is 1. The molecule has 0 atom stereocenters. The number of aliphatic hydroxyl groups is 1. The lowest BCUT2D eigenvalue weighted by Crippen LogP contribution is -2.57. The van der Waals surface area contributed by atoms with Crippen LogP contribution in [0.4, 0.5) is 11.8 Å². The normalized spacial score (nSPS) is 14.8. The maximum atomic E-state index is 9.55. The number of benzene rings is 1. The fraction of sp³-hybridized carbons (Fsp3) is 0.542. The van der Waals surface area contributed by atoms with Gasteiger partial charge in [-0.3, -0.25) is 4.68 Å². The number of nitrogens with one attached hydrogen (secondary N) is 1. The van der Waals surface area contributed by atoms with E-state index in [0.29, 0.717) is 29.9 Å². The average Bonchev–Trinajstić information content (AvgIpc) is 3.21. The minimum absolute atomic E-state index is 0.0282. The summed E-state index contributed by atoms with van der Waals surface area (Å²) < 4.78 is 12.8. The van der Waals surface area contributed by atoms with Crippen LogP contribution < -0.4 is 20.7 Å². The first-order chi connectivity index (χ1) is 16.4. The van der Waals surface area contributed by atoms with E-state index in [1.165, 1.54) is 0 Å². The van der Waals surface area contributed by atoms with Gasteiger partial charge in [0.05, 0.1) is 45.2 Å². The number of methoxy groups -OCH3 is 1. The number of hydrogen-bond donors (Lipinski definition) is 3. The lowest BCUT2D eigenvalue weighted by Gasteiger charge is -2.39. The monoisotopic (exact) mass is 469 g/mol. The van der Waals surface area contributed by atoms with Crippen molar-refractivity contribution in [3.63, 3.8) is 0 Å². The standard InChI is InChI=1S/C24H35N7O3/c1-4-5-8-30(9-10-32)22-21-19(27-23(25)28-22)14-31(29-21)13-18-7-6-17(11-20(18)33-3)12-26-24(2)15-34-16-24/h6-7,11,14,26,32H,4-5,8-10,12-13,15-16H2,1-3H3,(H2,25,27). The summed E-state index contributed by atoms with van der Waals surface area (Å²) in [6, 6.07) is 6.24. The third kappa shape index (κ3) is 5.40. The van der Waals surface area contributed by atoms with Crippen LogP contribution in [0.15, 0.2) is 24.4 Å². The number of ether oxygens (including phenoxy) is 2. The van der Waals surface area contributed by atoms with Crippen molar-refractivity contribution >= 4 is 22.8 Å². The Morgan fingerprint density at radius 1 is 1.29 bits per heavy atom. The number of aliphatic hydroxyl groups excluding tert-OH is 1. The maximum absolute atomic E-state index is 9.55. The first-order valence-corrected chi connectivity index (χ1v) is 11.8. The zero-order chi connectivity index (χ0) is 24.1. The van der Waals surface area contributed by atoms with Gasteiger partial charge >= 0.3 is 0 Å². The molecular weight excluding hydrogens is 434 g/mol. The Balaban J connectivity index is 1.57. The third-order valence-corrected chi connectivity index (χ3v) is 6.11. The van der Waals surface area contributed by atoms with Gasteiger partial charge < -0.3 is 30.5 Å². The highest BCUT2D eigenvalue weighted by atomic mass is 16.5. The number of rotatable bonds is 12. The summed E-state index contributed by atoms with van der Waals surface area (Å²) in [5.74, 6) is 1.66. The smallest absolute Gasteiger partial charge is 0.222 e. The molecule has 184 valence electrons. The van der Waals surface area contributed by atoms with Crippen LogP contribution in [-0.4, -0.2) is 70.4 Å². The van der Waals surface area contributed by atoms with Gasteiger partial charge in [0.15, 0.2) is 11.3 Å². The Morgan fingerprint density at radius 3 is 2.79 bits per heavy atom. The van der Waals surface area contributed by atoms with E-state index in [0.717, 1.165) is 56.0 Å². The number of aromatic nitrogens is 4. The van der Waals surface area contributed by atoms with Crippen molar-refractivity contribution in [2.75, 3.05) is 50.7 Å². The molecule has 2 aromatic heterocycles. The summed E-state index contributed by atoms with van der Waals surface area (Å²) >= 11 is 0. The van der Waals surface area contributed by atoms with Gasteiger partial charge in [-0.25, -0.2) is 4.98 Å². The van der Waals surface area contributed by atoms with Gasteiger partial charge in [-0.15, -0.1) is 0 Å². The van der Waals surface area contributed by atoms with Crippen LogP contribution in [0, 0.1) is 0 Å². The Labute approximate surface area is 200 Å². The summed E-state index contributed by atoms with van der Waals surface area (Å²) in [4.78, 5) is 10.9. The van der Waals surface area contributed by atoms with Crippen molar-refractivity contribution in [2.45, 2.75) is 45.3 Å². The summed E-state index contributed by atoms with van der Waals surface area (Å²) in [7, 11) is 1.68. The Kier molecular flexibility index (Phi) is 7.50. The second-order valence-corrected chi connectivity index (χ2v) is 9.08. The molecule has 4 rings (SSSR count). The number of hydrogen-bond acceptors (Lipinski definition) is 9. The quantitative estimate of drug-likeness (QED) is 0.365. The van der Waals surface area contributed by atoms with Crippen LogP contribution in [0.25, 0.3) is 11.0 Å². The van der Waals surface area contributed by atoms with E-state index < -0.39 is 0 Å². The average molecular weight is 470 g/mol. The predicted molar refractivity (Wildman–Crippen MR) is 132 cm³/mol. The van der Waals surface area contributed by atoms with E-state index in [4.69, 9.17) is 20.3 Å².